The van der Waals surface area contributed by atoms with E-state index in [-0.39, 0.29) is 18.5 Å². The zero-order valence-electron chi connectivity index (χ0n) is 16.8. The van der Waals surface area contributed by atoms with E-state index in [4.69, 9.17) is 14.2 Å². The minimum absolute atomic E-state index is 0.141. The van der Waals surface area contributed by atoms with Gasteiger partial charge < -0.3 is 24.4 Å². The normalized spacial score (nSPS) is 15.1. The Labute approximate surface area is 170 Å². The van der Waals surface area contributed by atoms with Crippen LogP contribution in [0.2, 0.25) is 0 Å². The Morgan fingerprint density at radius 1 is 1.07 bits per heavy atom. The molecule has 1 aliphatic rings. The van der Waals surface area contributed by atoms with E-state index in [1.54, 1.807) is 36.4 Å². The molecule has 0 saturated carbocycles. The van der Waals surface area contributed by atoms with Crippen LogP contribution in [-0.4, -0.2) is 50.8 Å². The first-order valence-electron chi connectivity index (χ1n) is 9.90. The fourth-order valence-electron chi connectivity index (χ4n) is 3.04. The molecule has 0 unspecified atom stereocenters. The van der Waals surface area contributed by atoms with E-state index in [0.717, 1.165) is 19.6 Å². The van der Waals surface area contributed by atoms with Crippen molar-refractivity contribution in [2.75, 3.05) is 38.2 Å². The fraction of sp³-hybridized carbons (Fsp3) is 0.364. The van der Waals surface area contributed by atoms with Gasteiger partial charge in [0.2, 0.25) is 6.10 Å². The van der Waals surface area contributed by atoms with Crippen molar-refractivity contribution in [3.63, 3.8) is 0 Å². The lowest BCUT2D eigenvalue weighted by molar-refractivity contribution is -0.896. The molecule has 3 rings (SSSR count). The topological polar surface area (TPSA) is 78.3 Å². The zero-order chi connectivity index (χ0) is 20.6. The summed E-state index contributed by atoms with van der Waals surface area (Å²) in [5.74, 6) is 0.498. The summed E-state index contributed by atoms with van der Waals surface area (Å²) >= 11 is 0. The van der Waals surface area contributed by atoms with Crippen LogP contribution in [0.5, 0.6) is 11.5 Å². The molecule has 29 heavy (non-hydrogen) atoms. The molecule has 1 atom stereocenters. The number of carbonyl (C=O) groups is 2. The number of esters is 1. The molecule has 2 N–H and O–H groups in total. The van der Waals surface area contributed by atoms with Crippen LogP contribution >= 0.6 is 0 Å². The maximum absolute atomic E-state index is 12.4. The molecule has 1 amide bonds. The van der Waals surface area contributed by atoms with E-state index in [0.29, 0.717) is 29.4 Å². The number of fused-ring (bicyclic) bond motifs is 1. The highest BCUT2D eigenvalue weighted by Gasteiger charge is 2.27. The van der Waals surface area contributed by atoms with Crippen LogP contribution in [0, 0.1) is 0 Å². The largest absolute Gasteiger partial charge is 0.485 e. The summed E-state index contributed by atoms with van der Waals surface area (Å²) in [6.07, 6.45) is -0.739. The van der Waals surface area contributed by atoms with Crippen molar-refractivity contribution in [1.82, 2.24) is 0 Å². The molecule has 154 valence electrons. The number of para-hydroxylation sites is 2. The van der Waals surface area contributed by atoms with Gasteiger partial charge in [0.05, 0.1) is 18.7 Å². The summed E-state index contributed by atoms with van der Waals surface area (Å²) in [6, 6.07) is 13.8. The molecule has 2 aromatic rings. The van der Waals surface area contributed by atoms with Gasteiger partial charge in [0.1, 0.15) is 19.8 Å². The van der Waals surface area contributed by atoms with Gasteiger partial charge in [0.25, 0.3) is 5.91 Å². The van der Waals surface area contributed by atoms with Gasteiger partial charge >= 0.3 is 5.97 Å². The summed E-state index contributed by atoms with van der Waals surface area (Å²) < 4.78 is 16.6. The molecule has 0 bridgehead atoms. The van der Waals surface area contributed by atoms with Crippen LogP contribution in [-0.2, 0) is 9.53 Å². The molecule has 0 spiro atoms. The molecule has 0 aliphatic carbocycles. The lowest BCUT2D eigenvalue weighted by atomic mass is 10.2. The van der Waals surface area contributed by atoms with E-state index in [2.05, 4.69) is 19.2 Å². The molecule has 1 heterocycles. The number of nitrogens with one attached hydrogen (secondary N) is 2. The van der Waals surface area contributed by atoms with Gasteiger partial charge in [0.15, 0.2) is 11.5 Å². The molecule has 0 saturated heterocycles. The average molecular weight is 399 g/mol. The van der Waals surface area contributed by atoms with Crippen molar-refractivity contribution in [2.24, 2.45) is 0 Å². The number of anilines is 1. The Kier molecular flexibility index (Phi) is 7.08. The van der Waals surface area contributed by atoms with E-state index in [1.807, 2.05) is 12.1 Å². The van der Waals surface area contributed by atoms with E-state index >= 15 is 0 Å². The Hall–Kier alpha value is -3.06. The van der Waals surface area contributed by atoms with Crippen molar-refractivity contribution in [1.29, 1.82) is 0 Å². The van der Waals surface area contributed by atoms with E-state index in [1.165, 1.54) is 4.90 Å². The summed E-state index contributed by atoms with van der Waals surface area (Å²) in [5, 5.41) is 2.78. The molecule has 0 radical (unpaired) electrons. The maximum Gasteiger partial charge on any atom is 0.338 e. The Morgan fingerprint density at radius 2 is 1.76 bits per heavy atom. The minimum Gasteiger partial charge on any atom is -0.485 e. The predicted octanol–water partition coefficient (Wildman–Crippen LogP) is 1.55. The van der Waals surface area contributed by atoms with Crippen LogP contribution < -0.4 is 19.7 Å². The lowest BCUT2D eigenvalue weighted by Gasteiger charge is -2.25. The Morgan fingerprint density at radius 3 is 2.45 bits per heavy atom. The van der Waals surface area contributed by atoms with E-state index < -0.39 is 6.10 Å². The highest BCUT2D eigenvalue weighted by molar-refractivity contribution is 5.95. The summed E-state index contributed by atoms with van der Waals surface area (Å²) in [4.78, 5) is 26.0. The van der Waals surface area contributed by atoms with Gasteiger partial charge in [-0.2, -0.15) is 0 Å². The number of ether oxygens (including phenoxy) is 3. The molecule has 7 nitrogen and oxygen atoms in total. The van der Waals surface area contributed by atoms with Crippen molar-refractivity contribution < 1.29 is 28.7 Å². The van der Waals surface area contributed by atoms with Gasteiger partial charge in [-0.15, -0.1) is 0 Å². The maximum atomic E-state index is 12.4. The van der Waals surface area contributed by atoms with Gasteiger partial charge in [-0.1, -0.05) is 12.1 Å². The van der Waals surface area contributed by atoms with Gasteiger partial charge in [0, 0.05) is 5.69 Å². The third-order valence-corrected chi connectivity index (χ3v) is 4.88. The molecule has 1 aliphatic heterocycles. The minimum atomic E-state index is -0.739. The standard InChI is InChI=1S/C22H26N2O5/c1-3-24(4-2)13-14-27-22(26)16-9-11-17(12-10-16)23-21(25)20-15-28-18-7-5-6-8-19(18)29-20/h5-12,20H,3-4,13-15H2,1-2H3,(H,23,25)/p+1/t20-/m1/s1. The average Bonchev–Trinajstić information content (AvgIpc) is 2.76. The first-order valence-corrected chi connectivity index (χ1v) is 9.90. The van der Waals surface area contributed by atoms with Crippen molar-refractivity contribution in [2.45, 2.75) is 20.0 Å². The number of benzene rings is 2. The highest BCUT2D eigenvalue weighted by Crippen LogP contribution is 2.31. The Bertz CT molecular complexity index is 833. The monoisotopic (exact) mass is 399 g/mol. The second-order valence-electron chi connectivity index (χ2n) is 6.77. The number of likely N-dealkylation sites (N-methyl/N-ethyl adjacent to an activating group) is 1. The first-order chi connectivity index (χ1) is 14.1. The van der Waals surface area contributed by atoms with Crippen LogP contribution in [0.1, 0.15) is 24.2 Å². The molecule has 7 heteroatoms. The molecular weight excluding hydrogens is 372 g/mol. The van der Waals surface area contributed by atoms with Crippen molar-refractivity contribution in [3.8, 4) is 11.5 Å². The van der Waals surface area contributed by atoms with Gasteiger partial charge in [-0.05, 0) is 50.2 Å². The summed E-state index contributed by atoms with van der Waals surface area (Å²) in [5.41, 5.74) is 1.02. The SMILES string of the molecule is CC[NH+](CC)CCOC(=O)c1ccc(NC(=O)[C@H]2COc3ccccc3O2)cc1. The number of quaternary nitrogens is 1. The fourth-order valence-corrected chi connectivity index (χ4v) is 3.04. The highest BCUT2D eigenvalue weighted by atomic mass is 16.6. The number of hydrogen-bond acceptors (Lipinski definition) is 5. The number of amides is 1. The van der Waals surface area contributed by atoms with Crippen molar-refractivity contribution >= 4 is 17.6 Å². The first kappa shape index (κ1) is 20.7. The van der Waals surface area contributed by atoms with Crippen LogP contribution in [0.15, 0.2) is 48.5 Å². The second-order valence-corrected chi connectivity index (χ2v) is 6.77. The lowest BCUT2D eigenvalue weighted by Crippen LogP contribution is -3.11. The molecule has 0 fully saturated rings. The number of hydrogen-bond donors (Lipinski definition) is 2. The second kappa shape index (κ2) is 9.93. The van der Waals surface area contributed by atoms with E-state index in [9.17, 15) is 9.59 Å². The molecular formula is C22H27N2O5+. The van der Waals surface area contributed by atoms with Crippen LogP contribution in [0.25, 0.3) is 0 Å². The third-order valence-electron chi connectivity index (χ3n) is 4.88. The Balaban J connectivity index is 1.50. The van der Waals surface area contributed by atoms with Crippen LogP contribution in [0.3, 0.4) is 0 Å². The van der Waals surface area contributed by atoms with Gasteiger partial charge in [-0.3, -0.25) is 4.79 Å². The third kappa shape index (κ3) is 5.48. The summed E-state index contributed by atoms with van der Waals surface area (Å²) in [6.45, 7) is 7.54. The number of rotatable bonds is 8. The number of carbonyl (C=O) groups excluding carboxylic acids is 2. The summed E-state index contributed by atoms with van der Waals surface area (Å²) in [7, 11) is 0. The van der Waals surface area contributed by atoms with Gasteiger partial charge in [-0.25, -0.2) is 4.79 Å². The predicted molar refractivity (Wildman–Crippen MR) is 109 cm³/mol. The molecule has 0 aromatic heterocycles. The van der Waals surface area contributed by atoms with Crippen LogP contribution in [0.4, 0.5) is 5.69 Å². The molecule has 2 aromatic carbocycles. The smallest absolute Gasteiger partial charge is 0.338 e. The zero-order valence-corrected chi connectivity index (χ0v) is 16.8. The quantitative estimate of drug-likeness (QED) is 0.659. The van der Waals surface area contributed by atoms with Crippen molar-refractivity contribution in [3.05, 3.63) is 54.1 Å².